The quantitative estimate of drug-likeness (QED) is 0.399. The van der Waals surface area contributed by atoms with Crippen molar-refractivity contribution in [2.24, 2.45) is 0 Å². The first-order valence-electron chi connectivity index (χ1n) is 9.90. The molecular formula is C23H19ClN4O2S. The molecule has 5 rings (SSSR count). The SMILES string of the molecule is COc1ccccc1[C@@H]1CC(=O)c2cn3nc(SCc4ccc(Cl)cc4)nc3nc2C1. The summed E-state index contributed by atoms with van der Waals surface area (Å²) in [5.41, 5.74) is 3.56. The molecule has 1 aliphatic carbocycles. The Morgan fingerprint density at radius 2 is 1.94 bits per heavy atom. The summed E-state index contributed by atoms with van der Waals surface area (Å²) >= 11 is 7.47. The summed E-state index contributed by atoms with van der Waals surface area (Å²) in [6, 6.07) is 15.6. The number of halogens is 1. The predicted molar refractivity (Wildman–Crippen MR) is 120 cm³/mol. The number of carbonyl (C=O) groups is 1. The van der Waals surface area contributed by atoms with Gasteiger partial charge in [0.2, 0.25) is 5.16 Å². The topological polar surface area (TPSA) is 69.4 Å². The van der Waals surface area contributed by atoms with E-state index in [2.05, 4.69) is 15.1 Å². The molecule has 31 heavy (non-hydrogen) atoms. The molecule has 8 heteroatoms. The van der Waals surface area contributed by atoms with Gasteiger partial charge in [0.05, 0.1) is 18.4 Å². The van der Waals surface area contributed by atoms with Crippen molar-refractivity contribution >= 4 is 34.9 Å². The van der Waals surface area contributed by atoms with Crippen LogP contribution in [0.15, 0.2) is 59.9 Å². The monoisotopic (exact) mass is 450 g/mol. The number of aromatic nitrogens is 4. The standard InChI is InChI=1S/C23H19ClN4O2S/c1-30-21-5-3-2-4-17(21)15-10-19-18(20(29)11-15)12-28-22(25-19)26-23(27-28)31-13-14-6-8-16(24)9-7-14/h2-9,12,15H,10-11,13H2,1H3/t15-/m0/s1. The molecule has 6 nitrogen and oxygen atoms in total. The molecule has 1 atom stereocenters. The molecule has 2 aromatic carbocycles. The van der Waals surface area contributed by atoms with Gasteiger partial charge in [0, 0.05) is 29.3 Å². The number of thioether (sulfide) groups is 1. The number of ketones is 1. The first-order valence-corrected chi connectivity index (χ1v) is 11.3. The number of ether oxygens (including phenoxy) is 1. The number of para-hydroxylation sites is 1. The van der Waals surface area contributed by atoms with Gasteiger partial charge in [-0.15, -0.1) is 5.10 Å². The van der Waals surface area contributed by atoms with E-state index < -0.39 is 0 Å². The highest BCUT2D eigenvalue weighted by atomic mass is 35.5. The van der Waals surface area contributed by atoms with Crippen molar-refractivity contribution < 1.29 is 9.53 Å². The van der Waals surface area contributed by atoms with Gasteiger partial charge in [-0.25, -0.2) is 9.50 Å². The molecule has 0 N–H and O–H groups in total. The summed E-state index contributed by atoms with van der Waals surface area (Å²) in [5.74, 6) is 2.13. The van der Waals surface area contributed by atoms with E-state index in [9.17, 15) is 4.79 Å². The van der Waals surface area contributed by atoms with Gasteiger partial charge in [-0.3, -0.25) is 4.79 Å². The van der Waals surface area contributed by atoms with E-state index in [1.165, 1.54) is 11.8 Å². The zero-order chi connectivity index (χ0) is 21.4. The normalized spacial score (nSPS) is 15.8. The van der Waals surface area contributed by atoms with Gasteiger partial charge < -0.3 is 4.74 Å². The number of benzene rings is 2. The number of hydrogen-bond donors (Lipinski definition) is 0. The van der Waals surface area contributed by atoms with Crippen LogP contribution in [0, 0.1) is 0 Å². The van der Waals surface area contributed by atoms with Crippen molar-refractivity contribution in [2.45, 2.75) is 29.7 Å². The van der Waals surface area contributed by atoms with Crippen molar-refractivity contribution in [1.29, 1.82) is 0 Å². The Bertz CT molecular complexity index is 1270. The number of carbonyl (C=O) groups excluding carboxylic acids is 1. The van der Waals surface area contributed by atoms with Gasteiger partial charge in [0.1, 0.15) is 5.75 Å². The van der Waals surface area contributed by atoms with Crippen LogP contribution < -0.4 is 4.74 Å². The lowest BCUT2D eigenvalue weighted by molar-refractivity contribution is 0.0962. The smallest absolute Gasteiger partial charge is 0.253 e. The molecule has 0 fully saturated rings. The van der Waals surface area contributed by atoms with Crippen molar-refractivity contribution in [3.05, 3.63) is 82.1 Å². The molecule has 2 aromatic heterocycles. The maximum Gasteiger partial charge on any atom is 0.253 e. The lowest BCUT2D eigenvalue weighted by Crippen LogP contribution is -2.21. The van der Waals surface area contributed by atoms with E-state index in [1.54, 1.807) is 17.8 Å². The fourth-order valence-corrected chi connectivity index (χ4v) is 4.78. The van der Waals surface area contributed by atoms with Gasteiger partial charge in [0.15, 0.2) is 5.78 Å². The van der Waals surface area contributed by atoms with Gasteiger partial charge >= 0.3 is 0 Å². The first kappa shape index (κ1) is 20.0. The number of hydrogen-bond acceptors (Lipinski definition) is 6. The van der Waals surface area contributed by atoms with Crippen LogP contribution in [0.2, 0.25) is 5.02 Å². The third kappa shape index (κ3) is 4.03. The minimum absolute atomic E-state index is 0.0350. The molecular weight excluding hydrogens is 432 g/mol. The number of fused-ring (bicyclic) bond motifs is 2. The maximum atomic E-state index is 12.9. The number of nitrogens with zero attached hydrogens (tertiary/aromatic N) is 4. The summed E-state index contributed by atoms with van der Waals surface area (Å²) < 4.78 is 7.10. The highest BCUT2D eigenvalue weighted by Gasteiger charge is 2.30. The molecule has 0 bridgehead atoms. The molecule has 1 aliphatic rings. The molecule has 2 heterocycles. The average Bonchev–Trinajstić information content (AvgIpc) is 3.19. The summed E-state index contributed by atoms with van der Waals surface area (Å²) in [6.45, 7) is 0. The molecule has 0 saturated carbocycles. The van der Waals surface area contributed by atoms with Crippen LogP contribution in [0.5, 0.6) is 5.75 Å². The minimum atomic E-state index is 0.0350. The highest BCUT2D eigenvalue weighted by Crippen LogP contribution is 2.36. The van der Waals surface area contributed by atoms with Gasteiger partial charge in [-0.05, 0) is 35.7 Å². The highest BCUT2D eigenvalue weighted by molar-refractivity contribution is 7.98. The minimum Gasteiger partial charge on any atom is -0.496 e. The number of methoxy groups -OCH3 is 1. The summed E-state index contributed by atoms with van der Waals surface area (Å²) in [5, 5.41) is 5.84. The molecule has 0 radical (unpaired) electrons. The Labute approximate surface area is 188 Å². The predicted octanol–water partition coefficient (Wildman–Crippen LogP) is 4.99. The van der Waals surface area contributed by atoms with E-state index >= 15 is 0 Å². The summed E-state index contributed by atoms with van der Waals surface area (Å²) in [4.78, 5) is 22.1. The third-order valence-corrected chi connectivity index (χ3v) is 6.58. The molecule has 4 aromatic rings. The van der Waals surface area contributed by atoms with Crippen molar-refractivity contribution in [3.63, 3.8) is 0 Å². The van der Waals surface area contributed by atoms with Gasteiger partial charge in [-0.1, -0.05) is 53.7 Å². The number of Topliss-reactive ketones (excluding diaryl/α,β-unsaturated/α-hetero) is 1. The van der Waals surface area contributed by atoms with Crippen LogP contribution in [0.3, 0.4) is 0 Å². The molecule has 0 amide bonds. The van der Waals surface area contributed by atoms with E-state index in [-0.39, 0.29) is 11.7 Å². The van der Waals surface area contributed by atoms with Crippen LogP contribution in [-0.4, -0.2) is 32.5 Å². The van der Waals surface area contributed by atoms with E-state index in [1.807, 2.05) is 48.5 Å². The lowest BCUT2D eigenvalue weighted by Gasteiger charge is -2.24. The fraction of sp³-hybridized carbons (Fsp3) is 0.217. The molecule has 156 valence electrons. The van der Waals surface area contributed by atoms with Crippen molar-refractivity contribution in [3.8, 4) is 5.75 Å². The third-order valence-electron chi connectivity index (χ3n) is 5.42. The van der Waals surface area contributed by atoms with Crippen LogP contribution in [0.25, 0.3) is 5.78 Å². The summed E-state index contributed by atoms with van der Waals surface area (Å²) in [6.07, 6.45) is 2.85. The molecule has 0 aliphatic heterocycles. The van der Waals surface area contributed by atoms with Crippen LogP contribution in [-0.2, 0) is 12.2 Å². The van der Waals surface area contributed by atoms with Gasteiger partial charge in [-0.2, -0.15) is 4.98 Å². The lowest BCUT2D eigenvalue weighted by atomic mass is 9.82. The Morgan fingerprint density at radius 1 is 1.13 bits per heavy atom. The van der Waals surface area contributed by atoms with Crippen molar-refractivity contribution in [2.75, 3.05) is 7.11 Å². The summed E-state index contributed by atoms with van der Waals surface area (Å²) in [7, 11) is 1.65. The van der Waals surface area contributed by atoms with Crippen LogP contribution in [0.4, 0.5) is 0 Å². The molecule has 0 spiro atoms. The molecule has 0 unspecified atom stereocenters. The largest absolute Gasteiger partial charge is 0.496 e. The second-order valence-corrected chi connectivity index (χ2v) is 8.80. The Balaban J connectivity index is 1.41. The van der Waals surface area contributed by atoms with Gasteiger partial charge in [0.25, 0.3) is 5.78 Å². The van der Waals surface area contributed by atoms with E-state index in [0.717, 1.165) is 28.3 Å². The zero-order valence-electron chi connectivity index (χ0n) is 16.8. The maximum absolute atomic E-state index is 12.9. The second-order valence-electron chi connectivity index (χ2n) is 7.43. The number of rotatable bonds is 5. The van der Waals surface area contributed by atoms with Crippen molar-refractivity contribution in [1.82, 2.24) is 19.6 Å². The van der Waals surface area contributed by atoms with Crippen LogP contribution >= 0.6 is 23.4 Å². The second kappa shape index (κ2) is 8.32. The Kier molecular flexibility index (Phi) is 5.38. The fourth-order valence-electron chi connectivity index (χ4n) is 3.88. The van der Waals surface area contributed by atoms with E-state index in [0.29, 0.717) is 34.4 Å². The Morgan fingerprint density at radius 3 is 2.74 bits per heavy atom. The molecule has 0 saturated heterocycles. The van der Waals surface area contributed by atoms with Crippen LogP contribution in [0.1, 0.15) is 39.5 Å². The average molecular weight is 451 g/mol. The van der Waals surface area contributed by atoms with E-state index in [4.69, 9.17) is 16.3 Å². The zero-order valence-corrected chi connectivity index (χ0v) is 18.4. The first-order chi connectivity index (χ1) is 15.1. The Hall–Kier alpha value is -2.90.